The Morgan fingerprint density at radius 2 is 2.12 bits per heavy atom. The van der Waals surface area contributed by atoms with Gasteiger partial charge in [-0.3, -0.25) is 4.99 Å². The maximum absolute atomic E-state index is 5.44. The van der Waals surface area contributed by atoms with Crippen LogP contribution in [0.5, 0.6) is 0 Å². The summed E-state index contributed by atoms with van der Waals surface area (Å²) in [4.78, 5) is 4.76. The first kappa shape index (κ1) is 11.8. The molecule has 2 saturated heterocycles. The summed E-state index contributed by atoms with van der Waals surface area (Å²) in [5.41, 5.74) is 0.838. The van der Waals surface area contributed by atoms with Crippen LogP contribution in [0.4, 0.5) is 0 Å². The summed E-state index contributed by atoms with van der Waals surface area (Å²) in [6, 6.07) is 0. The van der Waals surface area contributed by atoms with Gasteiger partial charge in [0.25, 0.3) is 0 Å². The second-order valence-corrected chi connectivity index (χ2v) is 7.31. The molecule has 96 valence electrons. The third-order valence-corrected chi connectivity index (χ3v) is 5.68. The van der Waals surface area contributed by atoms with Crippen molar-refractivity contribution < 1.29 is 4.74 Å². The van der Waals surface area contributed by atoms with E-state index in [1.807, 2.05) is 11.8 Å². The Labute approximate surface area is 108 Å². The first-order valence-corrected chi connectivity index (χ1v) is 7.61. The van der Waals surface area contributed by atoms with Crippen molar-refractivity contribution in [1.82, 2.24) is 5.32 Å². The molecule has 3 fully saturated rings. The smallest absolute Gasteiger partial charge is 0.157 e. The fourth-order valence-corrected chi connectivity index (χ4v) is 3.93. The van der Waals surface area contributed by atoms with Crippen LogP contribution >= 0.6 is 11.8 Å². The van der Waals surface area contributed by atoms with Crippen molar-refractivity contribution in [2.75, 3.05) is 25.5 Å². The maximum atomic E-state index is 5.44. The number of nitrogens with one attached hydrogen (secondary N) is 1. The summed E-state index contributed by atoms with van der Waals surface area (Å²) < 4.78 is 5.44. The molecule has 1 spiro atoms. The van der Waals surface area contributed by atoms with E-state index >= 15 is 0 Å². The molecule has 1 unspecified atom stereocenters. The molecule has 17 heavy (non-hydrogen) atoms. The molecule has 1 N–H and O–H groups in total. The molecule has 2 aliphatic heterocycles. The summed E-state index contributed by atoms with van der Waals surface area (Å²) in [5.74, 6) is 1.98. The highest BCUT2D eigenvalue weighted by molar-refractivity contribution is 8.14. The van der Waals surface area contributed by atoms with Crippen molar-refractivity contribution in [3.63, 3.8) is 0 Å². The minimum Gasteiger partial charge on any atom is -0.381 e. The van der Waals surface area contributed by atoms with Gasteiger partial charge in [-0.1, -0.05) is 25.6 Å². The van der Waals surface area contributed by atoms with Gasteiger partial charge < -0.3 is 10.1 Å². The van der Waals surface area contributed by atoms with Crippen molar-refractivity contribution in [2.45, 2.75) is 38.6 Å². The summed E-state index contributed by atoms with van der Waals surface area (Å²) in [5, 5.41) is 4.83. The van der Waals surface area contributed by atoms with Crippen molar-refractivity contribution in [3.05, 3.63) is 0 Å². The zero-order chi connectivity index (χ0) is 11.9. The van der Waals surface area contributed by atoms with Crippen molar-refractivity contribution in [2.24, 2.45) is 16.3 Å². The molecule has 0 amide bonds. The third kappa shape index (κ3) is 2.48. The number of aliphatic imine (C=N–C) groups is 1. The van der Waals surface area contributed by atoms with Gasteiger partial charge in [-0.25, -0.2) is 0 Å². The Morgan fingerprint density at radius 1 is 1.41 bits per heavy atom. The average molecular weight is 254 g/mol. The van der Waals surface area contributed by atoms with E-state index in [1.165, 1.54) is 17.3 Å². The maximum Gasteiger partial charge on any atom is 0.157 e. The normalized spacial score (nSPS) is 36.1. The number of amidine groups is 1. The molecule has 0 bridgehead atoms. The number of rotatable bonds is 2. The lowest BCUT2D eigenvalue weighted by molar-refractivity contribution is 0.0555. The summed E-state index contributed by atoms with van der Waals surface area (Å²) >= 11 is 1.90. The van der Waals surface area contributed by atoms with Crippen LogP contribution in [-0.4, -0.2) is 36.2 Å². The number of ether oxygens (including phenoxy) is 1. The number of hydrogen-bond donors (Lipinski definition) is 1. The second kappa shape index (κ2) is 4.16. The van der Waals surface area contributed by atoms with Crippen LogP contribution in [0.2, 0.25) is 0 Å². The van der Waals surface area contributed by atoms with Crippen LogP contribution in [0, 0.1) is 11.3 Å². The van der Waals surface area contributed by atoms with E-state index in [9.17, 15) is 0 Å². The highest BCUT2D eigenvalue weighted by Gasteiger charge is 2.45. The lowest BCUT2D eigenvalue weighted by atomic mass is 9.93. The van der Waals surface area contributed by atoms with Crippen LogP contribution in [0.3, 0.4) is 0 Å². The zero-order valence-electron chi connectivity index (χ0n) is 10.8. The Bertz CT molecular complexity index is 334. The summed E-state index contributed by atoms with van der Waals surface area (Å²) in [6.45, 7) is 7.49. The van der Waals surface area contributed by atoms with E-state index in [1.54, 1.807) is 0 Å². The zero-order valence-corrected chi connectivity index (χ0v) is 11.6. The molecular formula is C13H22N2OS. The predicted octanol–water partition coefficient (Wildman–Crippen LogP) is 2.27. The molecule has 1 atom stereocenters. The Morgan fingerprint density at radius 3 is 2.76 bits per heavy atom. The second-order valence-electron chi connectivity index (χ2n) is 6.34. The molecule has 3 nitrogen and oxygen atoms in total. The van der Waals surface area contributed by atoms with Crippen LogP contribution < -0.4 is 5.32 Å². The Kier molecular flexibility index (Phi) is 2.90. The van der Waals surface area contributed by atoms with E-state index in [0.29, 0.717) is 11.0 Å². The molecule has 3 aliphatic rings. The van der Waals surface area contributed by atoms with Crippen molar-refractivity contribution >= 4 is 16.9 Å². The van der Waals surface area contributed by atoms with Gasteiger partial charge in [0.1, 0.15) is 0 Å². The van der Waals surface area contributed by atoms with Crippen LogP contribution in [0.1, 0.15) is 33.1 Å². The van der Waals surface area contributed by atoms with Crippen molar-refractivity contribution in [1.29, 1.82) is 0 Å². The molecule has 0 aromatic rings. The highest BCUT2D eigenvalue weighted by atomic mass is 32.2. The lowest BCUT2D eigenvalue weighted by Gasteiger charge is -2.32. The van der Waals surface area contributed by atoms with Gasteiger partial charge in [-0.15, -0.1) is 0 Å². The van der Waals surface area contributed by atoms with E-state index in [4.69, 9.17) is 9.73 Å². The molecule has 3 rings (SSSR count). The topological polar surface area (TPSA) is 33.6 Å². The average Bonchev–Trinajstić information content (AvgIpc) is 2.74. The van der Waals surface area contributed by atoms with Gasteiger partial charge in [-0.2, -0.15) is 0 Å². The van der Waals surface area contributed by atoms with E-state index < -0.39 is 0 Å². The largest absolute Gasteiger partial charge is 0.381 e. The molecule has 1 aliphatic carbocycles. The molecule has 1 saturated carbocycles. The van der Waals surface area contributed by atoms with Crippen molar-refractivity contribution in [3.8, 4) is 0 Å². The minimum atomic E-state index is 0.292. The van der Waals surface area contributed by atoms with Crippen LogP contribution in [0.15, 0.2) is 4.99 Å². The SMILES string of the molecule is CC1(C)CC1CN=C1NC2(CCOCC2)CS1. The predicted molar refractivity (Wildman–Crippen MR) is 72.6 cm³/mol. The van der Waals surface area contributed by atoms with Gasteiger partial charge in [0, 0.05) is 25.5 Å². The quantitative estimate of drug-likeness (QED) is 0.821. The molecule has 4 heteroatoms. The molecule has 0 aromatic heterocycles. The standard InChI is InChI=1S/C13H22N2OS/c1-12(2)7-10(12)8-14-11-15-13(9-17-11)3-5-16-6-4-13/h10H,3-9H2,1-2H3,(H,14,15). The molecule has 0 aromatic carbocycles. The third-order valence-electron chi connectivity index (χ3n) is 4.48. The fourth-order valence-electron chi connectivity index (χ4n) is 2.70. The number of thioether (sulfide) groups is 1. The van der Waals surface area contributed by atoms with Gasteiger partial charge in [0.2, 0.25) is 0 Å². The Hall–Kier alpha value is -0.220. The first-order chi connectivity index (χ1) is 8.10. The van der Waals surface area contributed by atoms with E-state index in [2.05, 4.69) is 19.2 Å². The number of nitrogens with zero attached hydrogens (tertiary/aromatic N) is 1. The van der Waals surface area contributed by atoms with E-state index in [-0.39, 0.29) is 0 Å². The minimum absolute atomic E-state index is 0.292. The summed E-state index contributed by atoms with van der Waals surface area (Å²) in [7, 11) is 0. The monoisotopic (exact) mass is 254 g/mol. The first-order valence-electron chi connectivity index (χ1n) is 6.63. The molecule has 2 heterocycles. The summed E-state index contributed by atoms with van der Waals surface area (Å²) in [6.07, 6.45) is 3.61. The van der Waals surface area contributed by atoms with Gasteiger partial charge in [-0.05, 0) is 30.6 Å². The van der Waals surface area contributed by atoms with Crippen LogP contribution in [-0.2, 0) is 4.74 Å². The Balaban J connectivity index is 1.54. The van der Waals surface area contributed by atoms with Gasteiger partial charge >= 0.3 is 0 Å². The molecular weight excluding hydrogens is 232 g/mol. The highest BCUT2D eigenvalue weighted by Crippen LogP contribution is 2.51. The molecule has 0 radical (unpaired) electrons. The fraction of sp³-hybridized carbons (Fsp3) is 0.923. The van der Waals surface area contributed by atoms with E-state index in [0.717, 1.165) is 38.5 Å². The van der Waals surface area contributed by atoms with Gasteiger partial charge in [0.05, 0.1) is 5.54 Å². The lowest BCUT2D eigenvalue weighted by Crippen LogP contribution is -2.48. The van der Waals surface area contributed by atoms with Gasteiger partial charge in [0.15, 0.2) is 5.17 Å². The van der Waals surface area contributed by atoms with Crippen LogP contribution in [0.25, 0.3) is 0 Å². The number of hydrogen-bond acceptors (Lipinski definition) is 3.